The van der Waals surface area contributed by atoms with Crippen LogP contribution in [-0.2, 0) is 9.59 Å². The maximum Gasteiger partial charge on any atom is 0.352 e. The summed E-state index contributed by atoms with van der Waals surface area (Å²) in [6.07, 6.45) is 7.51. The van der Waals surface area contributed by atoms with Crippen LogP contribution in [0.4, 0.5) is 0 Å². The molecule has 0 bridgehead atoms. The lowest BCUT2D eigenvalue weighted by molar-refractivity contribution is -0.134. The van der Waals surface area contributed by atoms with E-state index in [4.69, 9.17) is 11.6 Å². The zero-order valence-corrected chi connectivity index (χ0v) is 16.5. The number of aliphatic carboxylic acids is 1. The smallest absolute Gasteiger partial charge is 0.352 e. The number of halogens is 1. The fraction of sp³-hybridized carbons (Fsp3) is 0.333. The quantitative estimate of drug-likeness (QED) is 0.593. The molecule has 6 heteroatoms. The number of amides is 1. The topological polar surface area (TPSA) is 66.4 Å². The lowest BCUT2D eigenvalue weighted by Gasteiger charge is -2.09. The first kappa shape index (κ1) is 19.6. The van der Waals surface area contributed by atoms with Gasteiger partial charge in [0, 0.05) is 26.8 Å². The number of rotatable bonds is 7. The number of hydrogen-bond donors (Lipinski definition) is 2. The Balaban J connectivity index is 1.67. The van der Waals surface area contributed by atoms with Gasteiger partial charge in [0.15, 0.2) is 0 Å². The second-order valence-corrected chi connectivity index (χ2v) is 8.30. The monoisotopic (exact) mass is 403 g/mol. The molecule has 4 nitrogen and oxygen atoms in total. The molecule has 1 aliphatic rings. The van der Waals surface area contributed by atoms with E-state index in [1.807, 2.05) is 36.4 Å². The average molecular weight is 404 g/mol. The van der Waals surface area contributed by atoms with Crippen molar-refractivity contribution in [2.45, 2.75) is 38.5 Å². The van der Waals surface area contributed by atoms with E-state index in [1.165, 1.54) is 43.1 Å². The molecule has 0 atom stereocenters. The molecule has 2 N–H and O–H groups in total. The van der Waals surface area contributed by atoms with Gasteiger partial charge in [-0.1, -0.05) is 55.5 Å². The Kier molecular flexibility index (Phi) is 6.69. The lowest BCUT2D eigenvalue weighted by Crippen LogP contribution is -2.27. The maximum atomic E-state index is 12.1. The summed E-state index contributed by atoms with van der Waals surface area (Å²) in [5.74, 6) is -0.779. The van der Waals surface area contributed by atoms with Crippen molar-refractivity contribution in [3.8, 4) is 10.4 Å². The Bertz CT molecular complexity index is 853. The fourth-order valence-corrected chi connectivity index (χ4v) is 4.66. The van der Waals surface area contributed by atoms with Gasteiger partial charge in [-0.15, -0.1) is 11.3 Å². The van der Waals surface area contributed by atoms with Crippen molar-refractivity contribution >= 4 is 40.9 Å². The predicted octanol–water partition coefficient (Wildman–Crippen LogP) is 5.58. The number of hydrogen-bond acceptors (Lipinski definition) is 3. The van der Waals surface area contributed by atoms with Gasteiger partial charge in [-0.05, 0) is 36.6 Å². The van der Waals surface area contributed by atoms with Crippen LogP contribution in [0.5, 0.6) is 0 Å². The van der Waals surface area contributed by atoms with E-state index in [9.17, 15) is 14.7 Å². The van der Waals surface area contributed by atoms with E-state index in [1.54, 1.807) is 0 Å². The minimum Gasteiger partial charge on any atom is -0.477 e. The number of carbonyl (C=O) groups is 2. The van der Waals surface area contributed by atoms with E-state index in [0.29, 0.717) is 17.4 Å². The van der Waals surface area contributed by atoms with Crippen LogP contribution in [0.3, 0.4) is 0 Å². The molecule has 1 heterocycles. The highest BCUT2D eigenvalue weighted by Crippen LogP contribution is 2.34. The molecule has 0 saturated heterocycles. The summed E-state index contributed by atoms with van der Waals surface area (Å²) in [7, 11) is 0. The summed E-state index contributed by atoms with van der Waals surface area (Å²) < 4.78 is 0. The molecule has 2 aromatic rings. The highest BCUT2D eigenvalue weighted by atomic mass is 35.5. The highest BCUT2D eigenvalue weighted by molar-refractivity contribution is 7.16. The van der Waals surface area contributed by atoms with Gasteiger partial charge in [-0.2, -0.15) is 0 Å². The third-order valence-corrected chi connectivity index (χ3v) is 6.21. The van der Waals surface area contributed by atoms with Crippen molar-refractivity contribution in [3.63, 3.8) is 0 Å². The molecule has 1 fully saturated rings. The number of benzene rings is 1. The first-order valence-electron chi connectivity index (χ1n) is 9.12. The van der Waals surface area contributed by atoms with E-state index in [2.05, 4.69) is 5.32 Å². The molecule has 3 rings (SSSR count). The molecule has 0 spiro atoms. The number of nitrogens with one attached hydrogen (secondary N) is 1. The lowest BCUT2D eigenvalue weighted by atomic mass is 10.0. The second-order valence-electron chi connectivity index (χ2n) is 6.78. The average Bonchev–Trinajstić information content (AvgIpc) is 3.31. The first-order chi connectivity index (χ1) is 13.0. The van der Waals surface area contributed by atoms with E-state index in [-0.39, 0.29) is 11.6 Å². The summed E-state index contributed by atoms with van der Waals surface area (Å²) in [4.78, 5) is 25.4. The SMILES string of the molecule is O=C(CCC1CCCC1)N/C(=C/c1ccc(-c2ccccc2Cl)s1)C(=O)O. The van der Waals surface area contributed by atoms with Gasteiger partial charge < -0.3 is 10.4 Å². The van der Waals surface area contributed by atoms with Crippen LogP contribution < -0.4 is 5.32 Å². The molecule has 1 aromatic carbocycles. The van der Waals surface area contributed by atoms with Crippen molar-refractivity contribution in [2.75, 3.05) is 0 Å². The Morgan fingerprint density at radius 2 is 1.93 bits per heavy atom. The third kappa shape index (κ3) is 5.44. The number of carboxylic acid groups (broad SMARTS) is 1. The Morgan fingerprint density at radius 1 is 1.19 bits per heavy atom. The number of carbonyl (C=O) groups excluding carboxylic acids is 1. The Morgan fingerprint density at radius 3 is 2.63 bits per heavy atom. The highest BCUT2D eigenvalue weighted by Gasteiger charge is 2.18. The Labute approximate surface area is 167 Å². The summed E-state index contributed by atoms with van der Waals surface area (Å²) in [6, 6.07) is 11.2. The van der Waals surface area contributed by atoms with Crippen molar-refractivity contribution in [2.24, 2.45) is 5.92 Å². The van der Waals surface area contributed by atoms with Crippen LogP contribution in [0.1, 0.15) is 43.4 Å². The normalized spacial score (nSPS) is 15.1. The zero-order chi connectivity index (χ0) is 19.2. The first-order valence-corrected chi connectivity index (χ1v) is 10.3. The molecule has 0 unspecified atom stereocenters. The number of thiophene rings is 1. The van der Waals surface area contributed by atoms with Crippen LogP contribution in [0.25, 0.3) is 16.5 Å². The van der Waals surface area contributed by atoms with Gasteiger partial charge in [0.1, 0.15) is 5.70 Å². The summed E-state index contributed by atoms with van der Waals surface area (Å²) in [5, 5.41) is 12.6. The van der Waals surface area contributed by atoms with Crippen LogP contribution in [-0.4, -0.2) is 17.0 Å². The van der Waals surface area contributed by atoms with Crippen LogP contribution in [0.2, 0.25) is 5.02 Å². The molecule has 1 saturated carbocycles. The van der Waals surface area contributed by atoms with Gasteiger partial charge in [-0.3, -0.25) is 4.79 Å². The molecule has 1 aromatic heterocycles. The molecule has 142 valence electrons. The van der Waals surface area contributed by atoms with Crippen LogP contribution in [0.15, 0.2) is 42.1 Å². The fourth-order valence-electron chi connectivity index (χ4n) is 3.38. The standard InChI is InChI=1S/C21H22ClNO3S/c22-17-8-4-3-7-16(17)19-11-10-15(27-19)13-18(21(25)26)23-20(24)12-9-14-5-1-2-6-14/h3-4,7-8,10-11,13-14H,1-2,5-6,9,12H2,(H,23,24)(H,25,26)/b18-13+. The van der Waals surface area contributed by atoms with Gasteiger partial charge >= 0.3 is 5.97 Å². The van der Waals surface area contributed by atoms with Crippen LogP contribution >= 0.6 is 22.9 Å². The van der Waals surface area contributed by atoms with Crippen molar-refractivity contribution in [1.29, 1.82) is 0 Å². The summed E-state index contributed by atoms with van der Waals surface area (Å²) in [6.45, 7) is 0. The molecule has 0 aliphatic heterocycles. The van der Waals surface area contributed by atoms with Crippen molar-refractivity contribution < 1.29 is 14.7 Å². The molecular weight excluding hydrogens is 382 g/mol. The number of carboxylic acids is 1. The Hall–Kier alpha value is -2.11. The minimum atomic E-state index is -1.14. The molecule has 1 aliphatic carbocycles. The predicted molar refractivity (Wildman–Crippen MR) is 110 cm³/mol. The second kappa shape index (κ2) is 9.20. The zero-order valence-electron chi connectivity index (χ0n) is 14.9. The van der Waals surface area contributed by atoms with E-state index < -0.39 is 5.97 Å². The van der Waals surface area contributed by atoms with Crippen LogP contribution in [0, 0.1) is 5.92 Å². The molecule has 0 radical (unpaired) electrons. The van der Waals surface area contributed by atoms with Gasteiger partial charge in [-0.25, -0.2) is 4.79 Å². The van der Waals surface area contributed by atoms with Gasteiger partial charge in [0.2, 0.25) is 5.91 Å². The summed E-state index contributed by atoms with van der Waals surface area (Å²) in [5.41, 5.74) is 0.806. The van der Waals surface area contributed by atoms with E-state index >= 15 is 0 Å². The summed E-state index contributed by atoms with van der Waals surface area (Å²) >= 11 is 7.65. The van der Waals surface area contributed by atoms with E-state index in [0.717, 1.165) is 21.7 Å². The largest absolute Gasteiger partial charge is 0.477 e. The van der Waals surface area contributed by atoms with Gasteiger partial charge in [0.25, 0.3) is 0 Å². The molecular formula is C21H22ClNO3S. The molecule has 27 heavy (non-hydrogen) atoms. The molecule has 1 amide bonds. The van der Waals surface area contributed by atoms with Crippen molar-refractivity contribution in [1.82, 2.24) is 5.32 Å². The third-order valence-electron chi connectivity index (χ3n) is 4.81. The van der Waals surface area contributed by atoms with Crippen molar-refractivity contribution in [3.05, 3.63) is 52.0 Å². The minimum absolute atomic E-state index is 0.0982. The maximum absolute atomic E-state index is 12.1. The van der Waals surface area contributed by atoms with Gasteiger partial charge in [0.05, 0.1) is 0 Å².